The topological polar surface area (TPSA) is 44.4 Å². The number of hydrogen-bond acceptors (Lipinski definition) is 3. The Morgan fingerprint density at radius 2 is 2.29 bits per heavy atom. The van der Waals surface area contributed by atoms with E-state index in [2.05, 4.69) is 22.5 Å². The maximum absolute atomic E-state index is 12.6. The Balaban J connectivity index is 1.98. The Morgan fingerprint density at radius 3 is 2.94 bits per heavy atom. The van der Waals surface area contributed by atoms with E-state index < -0.39 is 0 Å². The summed E-state index contributed by atoms with van der Waals surface area (Å²) >= 11 is 0. The van der Waals surface area contributed by atoms with E-state index in [0.29, 0.717) is 11.9 Å². The van der Waals surface area contributed by atoms with Crippen molar-refractivity contribution in [3.63, 3.8) is 0 Å². The van der Waals surface area contributed by atoms with Crippen LogP contribution in [-0.2, 0) is 4.79 Å². The van der Waals surface area contributed by atoms with Gasteiger partial charge in [-0.05, 0) is 46.2 Å². The van der Waals surface area contributed by atoms with Gasteiger partial charge in [0.2, 0.25) is 5.91 Å². The second-order valence-electron chi connectivity index (χ2n) is 5.72. The number of carbonyl (C=O) groups is 1. The molecule has 2 rings (SSSR count). The summed E-state index contributed by atoms with van der Waals surface area (Å²) in [5.74, 6) is 0.352. The van der Waals surface area contributed by atoms with E-state index in [4.69, 9.17) is 0 Å². The van der Waals surface area contributed by atoms with Crippen LogP contribution in [0.2, 0.25) is 0 Å². The van der Waals surface area contributed by atoms with Crippen molar-refractivity contribution >= 4 is 5.91 Å². The van der Waals surface area contributed by atoms with E-state index in [1.165, 1.54) is 6.42 Å². The maximum Gasteiger partial charge on any atom is 0.229 e. The van der Waals surface area contributed by atoms with Crippen LogP contribution in [-0.4, -0.2) is 50.1 Å². The first-order valence-electron chi connectivity index (χ1n) is 6.83. The van der Waals surface area contributed by atoms with E-state index in [1.54, 1.807) is 0 Å². The van der Waals surface area contributed by atoms with Crippen LogP contribution in [0.3, 0.4) is 0 Å². The Hall–Kier alpha value is -0.610. The van der Waals surface area contributed by atoms with Crippen LogP contribution in [0, 0.1) is 5.41 Å². The highest BCUT2D eigenvalue weighted by molar-refractivity contribution is 5.83. The summed E-state index contributed by atoms with van der Waals surface area (Å²) in [5.41, 5.74) is -0.173. The second kappa shape index (κ2) is 5.36. The van der Waals surface area contributed by atoms with E-state index >= 15 is 0 Å². The molecular weight excluding hydrogens is 214 g/mol. The predicted molar refractivity (Wildman–Crippen MR) is 68.9 cm³/mol. The molecule has 0 aliphatic carbocycles. The van der Waals surface area contributed by atoms with Crippen molar-refractivity contribution in [1.82, 2.24) is 15.5 Å². The third kappa shape index (κ3) is 2.80. The minimum absolute atomic E-state index is 0.173. The summed E-state index contributed by atoms with van der Waals surface area (Å²) < 4.78 is 0. The summed E-state index contributed by atoms with van der Waals surface area (Å²) in [6, 6.07) is 0.479. The summed E-state index contributed by atoms with van der Waals surface area (Å²) in [5, 5.41) is 6.65. The van der Waals surface area contributed by atoms with Gasteiger partial charge in [0, 0.05) is 25.7 Å². The van der Waals surface area contributed by atoms with Crippen molar-refractivity contribution in [2.75, 3.05) is 33.2 Å². The summed E-state index contributed by atoms with van der Waals surface area (Å²) in [7, 11) is 1.99. The van der Waals surface area contributed by atoms with Gasteiger partial charge in [0.25, 0.3) is 0 Å². The van der Waals surface area contributed by atoms with Crippen LogP contribution in [0.15, 0.2) is 0 Å². The first-order chi connectivity index (χ1) is 8.15. The van der Waals surface area contributed by atoms with Crippen LogP contribution >= 0.6 is 0 Å². The van der Waals surface area contributed by atoms with Crippen molar-refractivity contribution in [3.05, 3.63) is 0 Å². The van der Waals surface area contributed by atoms with Crippen molar-refractivity contribution < 1.29 is 4.79 Å². The zero-order chi connectivity index (χ0) is 12.3. The average molecular weight is 239 g/mol. The lowest BCUT2D eigenvalue weighted by Crippen LogP contribution is -2.55. The molecule has 2 aliphatic rings. The molecule has 98 valence electrons. The van der Waals surface area contributed by atoms with Gasteiger partial charge in [-0.15, -0.1) is 0 Å². The van der Waals surface area contributed by atoms with Gasteiger partial charge in [0.15, 0.2) is 0 Å². The molecule has 0 aromatic carbocycles. The fourth-order valence-electron chi connectivity index (χ4n) is 3.02. The zero-order valence-electron chi connectivity index (χ0n) is 11.1. The molecule has 0 aromatic rings. The third-order valence-corrected chi connectivity index (χ3v) is 4.23. The van der Waals surface area contributed by atoms with Gasteiger partial charge < -0.3 is 15.5 Å². The van der Waals surface area contributed by atoms with Crippen LogP contribution in [0.25, 0.3) is 0 Å². The molecule has 2 atom stereocenters. The van der Waals surface area contributed by atoms with Gasteiger partial charge in [-0.2, -0.15) is 0 Å². The number of amides is 1. The smallest absolute Gasteiger partial charge is 0.229 e. The number of hydrogen-bond donors (Lipinski definition) is 2. The molecule has 2 aliphatic heterocycles. The quantitative estimate of drug-likeness (QED) is 0.741. The molecule has 4 nitrogen and oxygen atoms in total. The minimum Gasteiger partial charge on any atom is -0.341 e. The summed E-state index contributed by atoms with van der Waals surface area (Å²) in [6.45, 7) is 5.83. The molecule has 2 saturated heterocycles. The fraction of sp³-hybridized carbons (Fsp3) is 0.923. The molecule has 0 aromatic heterocycles. The van der Waals surface area contributed by atoms with Crippen LogP contribution in [0.5, 0.6) is 0 Å². The van der Waals surface area contributed by atoms with Crippen molar-refractivity contribution in [2.45, 2.75) is 38.6 Å². The van der Waals surface area contributed by atoms with E-state index in [0.717, 1.165) is 45.4 Å². The standard InChI is InChI=1S/C13H25N3O/c1-13(6-4-7-15-10-13)12(17)16-8-3-5-11(9-16)14-2/h11,14-15H,3-10H2,1-2H3. The number of nitrogens with zero attached hydrogens (tertiary/aromatic N) is 1. The number of likely N-dealkylation sites (tertiary alicyclic amines) is 1. The maximum atomic E-state index is 12.6. The van der Waals surface area contributed by atoms with Crippen molar-refractivity contribution in [1.29, 1.82) is 0 Å². The lowest BCUT2D eigenvalue weighted by Gasteiger charge is -2.40. The molecule has 2 fully saturated rings. The van der Waals surface area contributed by atoms with Gasteiger partial charge in [0.1, 0.15) is 0 Å². The Bertz CT molecular complexity index is 274. The Labute approximate surface area is 104 Å². The molecule has 17 heavy (non-hydrogen) atoms. The van der Waals surface area contributed by atoms with Gasteiger partial charge in [0.05, 0.1) is 5.41 Å². The first kappa shape index (κ1) is 12.8. The lowest BCUT2D eigenvalue weighted by atomic mass is 9.81. The largest absolute Gasteiger partial charge is 0.341 e. The highest BCUT2D eigenvalue weighted by Gasteiger charge is 2.38. The normalized spacial score (nSPS) is 34.7. The SMILES string of the molecule is CNC1CCCN(C(=O)C2(C)CCCNC2)C1. The van der Waals surface area contributed by atoms with E-state index in [1.807, 2.05) is 7.05 Å². The molecule has 0 bridgehead atoms. The van der Waals surface area contributed by atoms with E-state index in [-0.39, 0.29) is 5.41 Å². The highest BCUT2D eigenvalue weighted by atomic mass is 16.2. The first-order valence-corrected chi connectivity index (χ1v) is 6.83. The highest BCUT2D eigenvalue weighted by Crippen LogP contribution is 2.29. The number of carbonyl (C=O) groups excluding carboxylic acids is 1. The molecule has 1 amide bonds. The minimum atomic E-state index is -0.173. The van der Waals surface area contributed by atoms with Gasteiger partial charge >= 0.3 is 0 Å². The number of piperidine rings is 2. The number of likely N-dealkylation sites (N-methyl/N-ethyl adjacent to an activating group) is 1. The van der Waals surface area contributed by atoms with Crippen molar-refractivity contribution in [2.24, 2.45) is 5.41 Å². The molecule has 2 unspecified atom stereocenters. The van der Waals surface area contributed by atoms with Crippen LogP contribution in [0.1, 0.15) is 32.6 Å². The monoisotopic (exact) mass is 239 g/mol. The van der Waals surface area contributed by atoms with Gasteiger partial charge in [-0.3, -0.25) is 4.79 Å². The zero-order valence-corrected chi connectivity index (χ0v) is 11.1. The molecule has 0 radical (unpaired) electrons. The molecule has 4 heteroatoms. The fourth-order valence-corrected chi connectivity index (χ4v) is 3.02. The van der Waals surface area contributed by atoms with Gasteiger partial charge in [-0.25, -0.2) is 0 Å². The second-order valence-corrected chi connectivity index (χ2v) is 5.72. The molecule has 2 heterocycles. The molecular formula is C13H25N3O. The van der Waals surface area contributed by atoms with E-state index in [9.17, 15) is 4.79 Å². The number of nitrogens with one attached hydrogen (secondary N) is 2. The Kier molecular flexibility index (Phi) is 4.05. The molecule has 2 N–H and O–H groups in total. The number of rotatable bonds is 2. The van der Waals surface area contributed by atoms with Gasteiger partial charge in [-0.1, -0.05) is 0 Å². The Morgan fingerprint density at radius 1 is 1.47 bits per heavy atom. The lowest BCUT2D eigenvalue weighted by molar-refractivity contribution is -0.143. The molecule has 0 spiro atoms. The van der Waals surface area contributed by atoms with Crippen LogP contribution in [0.4, 0.5) is 0 Å². The van der Waals surface area contributed by atoms with Crippen molar-refractivity contribution in [3.8, 4) is 0 Å². The third-order valence-electron chi connectivity index (χ3n) is 4.23. The summed E-state index contributed by atoms with van der Waals surface area (Å²) in [6.07, 6.45) is 4.46. The summed E-state index contributed by atoms with van der Waals surface area (Å²) in [4.78, 5) is 14.7. The molecule has 0 saturated carbocycles. The van der Waals surface area contributed by atoms with Crippen LogP contribution < -0.4 is 10.6 Å². The average Bonchev–Trinajstić information content (AvgIpc) is 2.39. The predicted octanol–water partition coefficient (Wildman–Crippen LogP) is 0.587.